The van der Waals surface area contributed by atoms with Crippen molar-refractivity contribution < 1.29 is 9.59 Å². The fourth-order valence-corrected chi connectivity index (χ4v) is 1.26. The molecular formula is C6H9ClN2O2. The molecule has 1 rings (SSSR count). The lowest BCUT2D eigenvalue weighted by Crippen LogP contribution is -2.35. The zero-order valence-electron chi connectivity index (χ0n) is 6.30. The van der Waals surface area contributed by atoms with Crippen LogP contribution in [0.15, 0.2) is 0 Å². The van der Waals surface area contributed by atoms with Crippen LogP contribution in [0.4, 0.5) is 9.59 Å². The second kappa shape index (κ2) is 2.70. The van der Waals surface area contributed by atoms with E-state index in [-0.39, 0.29) is 12.1 Å². The lowest BCUT2D eigenvalue weighted by molar-refractivity contribution is 0.204. The van der Waals surface area contributed by atoms with Gasteiger partial charge < -0.3 is 5.32 Å². The number of urea groups is 1. The Balaban J connectivity index is 2.79. The van der Waals surface area contributed by atoms with Crippen molar-refractivity contribution in [3.63, 3.8) is 0 Å². The van der Waals surface area contributed by atoms with Crippen LogP contribution in [0.25, 0.3) is 0 Å². The lowest BCUT2D eigenvalue weighted by atomic mass is 10.2. The molecule has 0 aliphatic carbocycles. The highest BCUT2D eigenvalue weighted by atomic mass is 35.5. The van der Waals surface area contributed by atoms with Gasteiger partial charge in [0.05, 0.1) is 6.04 Å². The van der Waals surface area contributed by atoms with Crippen LogP contribution < -0.4 is 5.32 Å². The SMILES string of the molecule is C[C@H]1NC(=O)N(C(=O)Cl)[C@H]1C. The standard InChI is InChI=1S/C6H9ClN2O2/c1-3-4(2)9(5(7)10)6(11)8-3/h3-4H,1-2H3,(H,8,11)/t3-,4+/m1/s1. The largest absolute Gasteiger partial charge is 0.333 e. The molecule has 5 heteroatoms. The monoisotopic (exact) mass is 176 g/mol. The van der Waals surface area contributed by atoms with E-state index < -0.39 is 11.4 Å². The summed E-state index contributed by atoms with van der Waals surface area (Å²) in [5.41, 5.74) is 0. The number of carbonyl (C=O) groups excluding carboxylic acids is 2. The number of rotatable bonds is 0. The molecule has 1 aliphatic heterocycles. The van der Waals surface area contributed by atoms with E-state index in [2.05, 4.69) is 5.32 Å². The molecular weight excluding hydrogens is 168 g/mol. The highest BCUT2D eigenvalue weighted by molar-refractivity contribution is 6.64. The summed E-state index contributed by atoms with van der Waals surface area (Å²) >= 11 is 5.17. The van der Waals surface area contributed by atoms with Gasteiger partial charge in [-0.25, -0.2) is 9.69 Å². The number of imide groups is 1. The van der Waals surface area contributed by atoms with Crippen LogP contribution in [0.1, 0.15) is 13.8 Å². The maximum Gasteiger partial charge on any atom is 0.325 e. The second-order valence-corrected chi connectivity index (χ2v) is 2.93. The quantitative estimate of drug-likeness (QED) is 0.445. The Labute approximate surface area is 69.5 Å². The number of amides is 3. The number of nitrogens with zero attached hydrogens (tertiary/aromatic N) is 1. The van der Waals surface area contributed by atoms with Crippen LogP contribution in [-0.2, 0) is 0 Å². The summed E-state index contributed by atoms with van der Waals surface area (Å²) in [5.74, 6) is 0. The van der Waals surface area contributed by atoms with Gasteiger partial charge in [-0.2, -0.15) is 0 Å². The first-order valence-corrected chi connectivity index (χ1v) is 3.71. The van der Waals surface area contributed by atoms with Gasteiger partial charge in [0.2, 0.25) is 0 Å². The zero-order chi connectivity index (χ0) is 8.59. The summed E-state index contributed by atoms with van der Waals surface area (Å²) in [6, 6.07) is -0.595. The van der Waals surface area contributed by atoms with Crippen molar-refractivity contribution in [1.82, 2.24) is 10.2 Å². The Kier molecular flexibility index (Phi) is 2.04. The van der Waals surface area contributed by atoms with Crippen LogP contribution in [0.3, 0.4) is 0 Å². The van der Waals surface area contributed by atoms with Crippen LogP contribution in [0.2, 0.25) is 0 Å². The smallest absolute Gasteiger partial charge is 0.325 e. The van der Waals surface area contributed by atoms with E-state index in [1.165, 1.54) is 0 Å². The summed E-state index contributed by atoms with van der Waals surface area (Å²) in [5, 5.41) is 1.86. The summed E-state index contributed by atoms with van der Waals surface area (Å²) < 4.78 is 0. The molecule has 1 N–H and O–H groups in total. The van der Waals surface area contributed by atoms with Crippen molar-refractivity contribution >= 4 is 23.0 Å². The highest BCUT2D eigenvalue weighted by Crippen LogP contribution is 2.14. The molecule has 1 fully saturated rings. The van der Waals surface area contributed by atoms with Crippen LogP contribution in [-0.4, -0.2) is 28.4 Å². The van der Waals surface area contributed by atoms with E-state index in [9.17, 15) is 9.59 Å². The minimum atomic E-state index is -0.723. The van der Waals surface area contributed by atoms with E-state index >= 15 is 0 Å². The molecule has 1 aliphatic rings. The van der Waals surface area contributed by atoms with Crippen LogP contribution >= 0.6 is 11.6 Å². The number of carbonyl (C=O) groups is 2. The van der Waals surface area contributed by atoms with Gasteiger partial charge in [-0.3, -0.25) is 4.79 Å². The lowest BCUT2D eigenvalue weighted by Gasteiger charge is -2.15. The molecule has 0 aromatic carbocycles. The van der Waals surface area contributed by atoms with Gasteiger partial charge >= 0.3 is 11.4 Å². The Bertz CT molecular complexity index is 207. The first kappa shape index (κ1) is 8.33. The van der Waals surface area contributed by atoms with E-state index in [4.69, 9.17) is 11.6 Å². The first-order valence-electron chi connectivity index (χ1n) is 3.33. The molecule has 1 saturated heterocycles. The summed E-state index contributed by atoms with van der Waals surface area (Å²) in [4.78, 5) is 22.6. The predicted molar refractivity (Wildman–Crippen MR) is 40.5 cm³/mol. The molecule has 0 saturated carbocycles. The van der Waals surface area contributed by atoms with Crippen LogP contribution in [0.5, 0.6) is 0 Å². The van der Waals surface area contributed by atoms with Crippen molar-refractivity contribution in [2.24, 2.45) is 0 Å². The maximum absolute atomic E-state index is 10.9. The van der Waals surface area contributed by atoms with Crippen molar-refractivity contribution in [3.8, 4) is 0 Å². The topological polar surface area (TPSA) is 49.4 Å². The van der Waals surface area contributed by atoms with Crippen LogP contribution in [0, 0.1) is 0 Å². The minimum Gasteiger partial charge on any atom is -0.333 e. The first-order chi connectivity index (χ1) is 5.04. The number of nitrogens with one attached hydrogen (secondary N) is 1. The Morgan fingerprint density at radius 1 is 1.64 bits per heavy atom. The number of halogens is 1. The molecule has 11 heavy (non-hydrogen) atoms. The third-order valence-corrected chi connectivity index (χ3v) is 2.07. The number of hydrogen-bond donors (Lipinski definition) is 1. The average molecular weight is 177 g/mol. The Morgan fingerprint density at radius 2 is 2.18 bits per heavy atom. The predicted octanol–water partition coefficient (Wildman–Crippen LogP) is 1.15. The molecule has 4 nitrogen and oxygen atoms in total. The van der Waals surface area contributed by atoms with E-state index in [0.29, 0.717) is 0 Å². The molecule has 0 radical (unpaired) electrons. The van der Waals surface area contributed by atoms with Gasteiger partial charge in [0, 0.05) is 6.04 Å². The molecule has 0 aromatic rings. The van der Waals surface area contributed by atoms with Crippen molar-refractivity contribution in [1.29, 1.82) is 0 Å². The third-order valence-electron chi connectivity index (χ3n) is 1.89. The van der Waals surface area contributed by atoms with Gasteiger partial charge in [0.1, 0.15) is 0 Å². The van der Waals surface area contributed by atoms with Gasteiger partial charge in [-0.15, -0.1) is 0 Å². The Morgan fingerprint density at radius 3 is 2.36 bits per heavy atom. The van der Waals surface area contributed by atoms with E-state index in [1.54, 1.807) is 6.92 Å². The summed E-state index contributed by atoms with van der Waals surface area (Å²) in [7, 11) is 0. The normalized spacial score (nSPS) is 30.5. The van der Waals surface area contributed by atoms with Crippen molar-refractivity contribution in [3.05, 3.63) is 0 Å². The van der Waals surface area contributed by atoms with Gasteiger partial charge in [0.25, 0.3) is 0 Å². The third kappa shape index (κ3) is 1.30. The van der Waals surface area contributed by atoms with Gasteiger partial charge in [0.15, 0.2) is 0 Å². The van der Waals surface area contributed by atoms with Crippen molar-refractivity contribution in [2.45, 2.75) is 25.9 Å². The highest BCUT2D eigenvalue weighted by Gasteiger charge is 2.36. The maximum atomic E-state index is 10.9. The molecule has 0 aromatic heterocycles. The van der Waals surface area contributed by atoms with E-state index in [1.807, 2.05) is 6.92 Å². The van der Waals surface area contributed by atoms with Gasteiger partial charge in [-0.05, 0) is 25.4 Å². The minimum absolute atomic E-state index is 0.0230. The summed E-state index contributed by atoms with van der Waals surface area (Å²) in [6.07, 6.45) is 0. The van der Waals surface area contributed by atoms with Gasteiger partial charge in [-0.1, -0.05) is 0 Å². The van der Waals surface area contributed by atoms with E-state index in [0.717, 1.165) is 4.90 Å². The molecule has 0 bridgehead atoms. The molecule has 0 spiro atoms. The molecule has 2 atom stereocenters. The zero-order valence-corrected chi connectivity index (χ0v) is 7.05. The molecule has 0 unspecified atom stereocenters. The average Bonchev–Trinajstić information content (AvgIpc) is 2.07. The van der Waals surface area contributed by atoms with Crippen molar-refractivity contribution in [2.75, 3.05) is 0 Å². The fourth-order valence-electron chi connectivity index (χ4n) is 1.03. The fraction of sp³-hybridized carbons (Fsp3) is 0.667. The number of hydrogen-bond acceptors (Lipinski definition) is 2. The molecule has 62 valence electrons. The molecule has 3 amide bonds. The molecule has 1 heterocycles. The summed E-state index contributed by atoms with van der Waals surface area (Å²) in [6.45, 7) is 3.59. The Hall–Kier alpha value is -0.770. The second-order valence-electron chi connectivity index (χ2n) is 2.60.